The molecular weight excluding hydrogens is 218 g/mol. The van der Waals surface area contributed by atoms with E-state index in [1.54, 1.807) is 25.8 Å². The molecule has 98 valence electrons. The van der Waals surface area contributed by atoms with E-state index in [1.165, 1.54) is 0 Å². The molecule has 5 nitrogen and oxygen atoms in total. The van der Waals surface area contributed by atoms with Crippen LogP contribution in [0.4, 0.5) is 0 Å². The van der Waals surface area contributed by atoms with E-state index >= 15 is 0 Å². The van der Waals surface area contributed by atoms with E-state index in [-0.39, 0.29) is 18.4 Å². The zero-order chi connectivity index (χ0) is 13.6. The number of rotatable bonds is 6. The number of aliphatic hydroxyl groups excluding tert-OH is 1. The van der Waals surface area contributed by atoms with Crippen LogP contribution in [0.5, 0.6) is 0 Å². The molecule has 0 radical (unpaired) electrons. The van der Waals surface area contributed by atoms with Crippen molar-refractivity contribution >= 4 is 5.91 Å². The lowest BCUT2D eigenvalue weighted by Crippen LogP contribution is -2.51. The smallest absolute Gasteiger partial charge is 0.235 e. The van der Waals surface area contributed by atoms with E-state index in [2.05, 4.69) is 11.4 Å². The summed E-state index contributed by atoms with van der Waals surface area (Å²) in [5, 5.41) is 21.0. The summed E-state index contributed by atoms with van der Waals surface area (Å²) >= 11 is 0. The number of nitriles is 1. The molecule has 2 unspecified atom stereocenters. The van der Waals surface area contributed by atoms with Gasteiger partial charge in [-0.25, -0.2) is 0 Å². The van der Waals surface area contributed by atoms with Crippen molar-refractivity contribution in [2.45, 2.75) is 39.3 Å². The maximum atomic E-state index is 11.7. The molecule has 1 amide bonds. The third kappa shape index (κ3) is 5.66. The summed E-state index contributed by atoms with van der Waals surface area (Å²) in [5.41, 5.74) is -0.844. The Morgan fingerprint density at radius 3 is 2.41 bits per heavy atom. The predicted octanol–water partition coefficient (Wildman–Crippen LogP) is 0.353. The van der Waals surface area contributed by atoms with E-state index in [9.17, 15) is 9.90 Å². The third-order valence-corrected chi connectivity index (χ3v) is 2.78. The van der Waals surface area contributed by atoms with Crippen molar-refractivity contribution in [3.8, 4) is 6.07 Å². The van der Waals surface area contributed by atoms with Crippen LogP contribution < -0.4 is 5.32 Å². The van der Waals surface area contributed by atoms with Gasteiger partial charge in [-0.2, -0.15) is 5.26 Å². The molecule has 0 spiro atoms. The zero-order valence-corrected chi connectivity index (χ0v) is 11.3. The number of carbonyl (C=O) groups is 1. The highest BCUT2D eigenvalue weighted by Gasteiger charge is 2.30. The van der Waals surface area contributed by atoms with Crippen molar-refractivity contribution in [3.05, 3.63) is 0 Å². The first-order valence-electron chi connectivity index (χ1n) is 5.80. The van der Waals surface area contributed by atoms with Gasteiger partial charge in [0.15, 0.2) is 0 Å². The first kappa shape index (κ1) is 15.9. The molecule has 0 saturated heterocycles. The third-order valence-electron chi connectivity index (χ3n) is 2.78. The van der Waals surface area contributed by atoms with Crippen LogP contribution >= 0.6 is 0 Å². The van der Waals surface area contributed by atoms with Crippen LogP contribution in [0.1, 0.15) is 27.7 Å². The summed E-state index contributed by atoms with van der Waals surface area (Å²) in [7, 11) is 1.76. The molecule has 0 fully saturated rings. The summed E-state index contributed by atoms with van der Waals surface area (Å²) in [6.45, 7) is 7.77. The summed E-state index contributed by atoms with van der Waals surface area (Å²) < 4.78 is 0. The monoisotopic (exact) mass is 241 g/mol. The van der Waals surface area contributed by atoms with Gasteiger partial charge in [-0.05, 0) is 26.8 Å². The van der Waals surface area contributed by atoms with Crippen molar-refractivity contribution in [1.82, 2.24) is 10.2 Å². The van der Waals surface area contributed by atoms with Gasteiger partial charge < -0.3 is 10.4 Å². The molecular formula is C12H23N3O2. The molecule has 0 aliphatic carbocycles. The number of hydrogen-bond acceptors (Lipinski definition) is 4. The Kier molecular flexibility index (Phi) is 6.14. The van der Waals surface area contributed by atoms with Gasteiger partial charge in [0.05, 0.1) is 18.7 Å². The first-order chi connectivity index (χ1) is 7.71. The van der Waals surface area contributed by atoms with Crippen LogP contribution in [0.25, 0.3) is 0 Å². The fourth-order valence-corrected chi connectivity index (χ4v) is 1.39. The molecule has 17 heavy (non-hydrogen) atoms. The van der Waals surface area contributed by atoms with Crippen LogP contribution in [-0.4, -0.2) is 47.7 Å². The Labute approximate surface area is 103 Å². The van der Waals surface area contributed by atoms with Gasteiger partial charge in [0.25, 0.3) is 0 Å². The highest BCUT2D eigenvalue weighted by molar-refractivity contribution is 5.79. The maximum absolute atomic E-state index is 11.7. The SMILES string of the molecule is CC(O)CN(C)CC(=O)NC(C)(C#N)C(C)C. The molecule has 0 aromatic heterocycles. The van der Waals surface area contributed by atoms with Gasteiger partial charge in [0, 0.05) is 6.54 Å². The van der Waals surface area contributed by atoms with Crippen molar-refractivity contribution in [2.24, 2.45) is 5.92 Å². The van der Waals surface area contributed by atoms with Crippen LogP contribution in [0, 0.1) is 17.2 Å². The Hall–Kier alpha value is -1.12. The number of hydrogen-bond donors (Lipinski definition) is 2. The fraction of sp³-hybridized carbons (Fsp3) is 0.833. The Bertz CT molecular complexity index is 297. The van der Waals surface area contributed by atoms with Crippen LogP contribution in [0.2, 0.25) is 0 Å². The number of nitrogens with zero attached hydrogens (tertiary/aromatic N) is 2. The number of carbonyl (C=O) groups excluding carboxylic acids is 1. The van der Waals surface area contributed by atoms with Crippen molar-refractivity contribution < 1.29 is 9.90 Å². The summed E-state index contributed by atoms with van der Waals surface area (Å²) in [6.07, 6.45) is -0.472. The molecule has 2 N–H and O–H groups in total. The maximum Gasteiger partial charge on any atom is 0.235 e. The topological polar surface area (TPSA) is 76.4 Å². The van der Waals surface area contributed by atoms with Crippen molar-refractivity contribution in [2.75, 3.05) is 20.1 Å². The molecule has 5 heteroatoms. The Morgan fingerprint density at radius 1 is 1.53 bits per heavy atom. The first-order valence-corrected chi connectivity index (χ1v) is 5.80. The highest BCUT2D eigenvalue weighted by atomic mass is 16.3. The molecule has 0 aromatic carbocycles. The summed E-state index contributed by atoms with van der Waals surface area (Å²) in [5.74, 6) is -0.163. The standard InChI is InChI=1S/C12H23N3O2/c1-9(2)12(4,8-13)14-11(17)7-15(5)6-10(3)16/h9-10,16H,6-7H2,1-5H3,(H,14,17). The lowest BCUT2D eigenvalue weighted by atomic mass is 9.90. The van der Waals surface area contributed by atoms with Crippen molar-refractivity contribution in [3.63, 3.8) is 0 Å². The van der Waals surface area contributed by atoms with Gasteiger partial charge in [0.2, 0.25) is 5.91 Å². The molecule has 0 aliphatic heterocycles. The zero-order valence-electron chi connectivity index (χ0n) is 11.3. The highest BCUT2D eigenvalue weighted by Crippen LogP contribution is 2.14. The molecule has 0 saturated carbocycles. The normalized spacial score (nSPS) is 16.4. The molecule has 0 aromatic rings. The molecule has 0 heterocycles. The summed E-state index contributed by atoms with van der Waals surface area (Å²) in [6, 6.07) is 2.12. The second-order valence-corrected chi connectivity index (χ2v) is 5.06. The number of aliphatic hydroxyl groups is 1. The van der Waals surface area contributed by atoms with Gasteiger partial charge in [0.1, 0.15) is 5.54 Å². The van der Waals surface area contributed by atoms with Crippen LogP contribution in [0.15, 0.2) is 0 Å². The van der Waals surface area contributed by atoms with E-state index in [0.717, 1.165) is 0 Å². The molecule has 0 bridgehead atoms. The van der Waals surface area contributed by atoms with Gasteiger partial charge in [-0.1, -0.05) is 13.8 Å². The van der Waals surface area contributed by atoms with Crippen LogP contribution in [-0.2, 0) is 4.79 Å². The van der Waals surface area contributed by atoms with Gasteiger partial charge in [-0.15, -0.1) is 0 Å². The van der Waals surface area contributed by atoms with Gasteiger partial charge >= 0.3 is 0 Å². The summed E-state index contributed by atoms with van der Waals surface area (Å²) in [4.78, 5) is 13.4. The minimum absolute atomic E-state index is 0.0403. The minimum Gasteiger partial charge on any atom is -0.392 e. The minimum atomic E-state index is -0.844. The molecule has 0 rings (SSSR count). The number of nitrogens with one attached hydrogen (secondary N) is 1. The average Bonchev–Trinajstić information content (AvgIpc) is 2.15. The van der Waals surface area contributed by atoms with Gasteiger partial charge in [-0.3, -0.25) is 9.69 Å². The largest absolute Gasteiger partial charge is 0.392 e. The fourth-order valence-electron chi connectivity index (χ4n) is 1.39. The quantitative estimate of drug-likeness (QED) is 0.703. The Balaban J connectivity index is 4.32. The number of amides is 1. The lowest BCUT2D eigenvalue weighted by molar-refractivity contribution is -0.123. The average molecular weight is 241 g/mol. The van der Waals surface area contributed by atoms with E-state index < -0.39 is 11.6 Å². The van der Waals surface area contributed by atoms with E-state index in [1.807, 2.05) is 13.8 Å². The lowest BCUT2D eigenvalue weighted by Gasteiger charge is -2.28. The Morgan fingerprint density at radius 2 is 2.06 bits per heavy atom. The second-order valence-electron chi connectivity index (χ2n) is 5.06. The number of likely N-dealkylation sites (N-methyl/N-ethyl adjacent to an activating group) is 1. The molecule has 0 aliphatic rings. The van der Waals surface area contributed by atoms with E-state index in [0.29, 0.717) is 6.54 Å². The van der Waals surface area contributed by atoms with Crippen molar-refractivity contribution in [1.29, 1.82) is 5.26 Å². The van der Waals surface area contributed by atoms with Crippen LogP contribution in [0.3, 0.4) is 0 Å². The second kappa shape index (κ2) is 6.58. The van der Waals surface area contributed by atoms with E-state index in [4.69, 9.17) is 5.26 Å². The predicted molar refractivity (Wildman–Crippen MR) is 66.2 cm³/mol. The molecule has 2 atom stereocenters.